The van der Waals surface area contributed by atoms with Gasteiger partial charge in [0, 0.05) is 28.5 Å². The first-order chi connectivity index (χ1) is 11.7. The smallest absolute Gasteiger partial charge is 0.121 e. The van der Waals surface area contributed by atoms with Gasteiger partial charge in [-0.2, -0.15) is 0 Å². The lowest BCUT2D eigenvalue weighted by Gasteiger charge is -2.12. The normalized spacial score (nSPS) is 10.8. The zero-order valence-corrected chi connectivity index (χ0v) is 14.6. The molecule has 1 aromatic heterocycles. The van der Waals surface area contributed by atoms with Gasteiger partial charge < -0.3 is 10.1 Å². The van der Waals surface area contributed by atoms with E-state index < -0.39 is 0 Å². The van der Waals surface area contributed by atoms with Gasteiger partial charge in [-0.3, -0.25) is 4.98 Å². The highest BCUT2D eigenvalue weighted by atomic mass is 16.5. The standard InChI is InChI=1S/C21H24N2O/c1-4-5-6-16-7-9-17(10-8-16)23-20-13-15(2)22-21-14-18(24-3)11-12-19(20)21/h7-14H,4-6H2,1-3H3,(H,22,23). The molecule has 0 fully saturated rings. The Morgan fingerprint density at radius 3 is 2.54 bits per heavy atom. The van der Waals surface area contributed by atoms with Gasteiger partial charge in [0.05, 0.1) is 12.6 Å². The highest BCUT2D eigenvalue weighted by Gasteiger charge is 2.06. The number of nitrogens with zero attached hydrogens (tertiary/aromatic N) is 1. The fourth-order valence-electron chi connectivity index (χ4n) is 2.86. The molecule has 0 unspecified atom stereocenters. The predicted molar refractivity (Wildman–Crippen MR) is 101 cm³/mol. The summed E-state index contributed by atoms with van der Waals surface area (Å²) in [4.78, 5) is 4.61. The fraction of sp³-hybridized carbons (Fsp3) is 0.286. The van der Waals surface area contributed by atoms with Crippen molar-refractivity contribution >= 4 is 22.3 Å². The summed E-state index contributed by atoms with van der Waals surface area (Å²) in [6.45, 7) is 4.24. The van der Waals surface area contributed by atoms with E-state index in [0.717, 1.165) is 40.1 Å². The Labute approximate surface area is 143 Å². The molecule has 0 bridgehead atoms. The highest BCUT2D eigenvalue weighted by molar-refractivity contribution is 5.94. The molecule has 0 aliphatic heterocycles. The number of rotatable bonds is 6. The van der Waals surface area contributed by atoms with Crippen molar-refractivity contribution < 1.29 is 4.74 Å². The molecular formula is C21H24N2O. The molecule has 2 aromatic carbocycles. The van der Waals surface area contributed by atoms with Gasteiger partial charge in [-0.25, -0.2) is 0 Å². The molecule has 24 heavy (non-hydrogen) atoms. The Morgan fingerprint density at radius 1 is 1.04 bits per heavy atom. The van der Waals surface area contributed by atoms with Crippen LogP contribution in [-0.2, 0) is 6.42 Å². The largest absolute Gasteiger partial charge is 0.497 e. The van der Waals surface area contributed by atoms with Gasteiger partial charge in [0.15, 0.2) is 0 Å². The molecular weight excluding hydrogens is 296 g/mol. The van der Waals surface area contributed by atoms with Gasteiger partial charge in [-0.05, 0) is 55.7 Å². The number of hydrogen-bond acceptors (Lipinski definition) is 3. The third-order valence-electron chi connectivity index (χ3n) is 4.20. The van der Waals surface area contributed by atoms with E-state index >= 15 is 0 Å². The molecule has 3 nitrogen and oxygen atoms in total. The van der Waals surface area contributed by atoms with Crippen LogP contribution in [0.1, 0.15) is 31.0 Å². The van der Waals surface area contributed by atoms with Crippen LogP contribution in [-0.4, -0.2) is 12.1 Å². The first-order valence-corrected chi connectivity index (χ1v) is 8.51. The molecule has 3 heteroatoms. The predicted octanol–water partition coefficient (Wildman–Crippen LogP) is 5.64. The average Bonchev–Trinajstić information content (AvgIpc) is 2.60. The lowest BCUT2D eigenvalue weighted by molar-refractivity contribution is 0.415. The van der Waals surface area contributed by atoms with Crippen molar-refractivity contribution in [1.29, 1.82) is 0 Å². The number of benzene rings is 2. The number of unbranched alkanes of at least 4 members (excludes halogenated alkanes) is 1. The number of fused-ring (bicyclic) bond motifs is 1. The molecule has 124 valence electrons. The van der Waals surface area contributed by atoms with Gasteiger partial charge in [-0.15, -0.1) is 0 Å². The summed E-state index contributed by atoms with van der Waals surface area (Å²) >= 11 is 0. The van der Waals surface area contributed by atoms with Crippen LogP contribution in [0.25, 0.3) is 10.9 Å². The van der Waals surface area contributed by atoms with Crippen molar-refractivity contribution in [2.45, 2.75) is 33.1 Å². The second kappa shape index (κ2) is 7.35. The summed E-state index contributed by atoms with van der Waals surface area (Å²) < 4.78 is 5.31. The summed E-state index contributed by atoms with van der Waals surface area (Å²) in [6, 6.07) is 16.8. The van der Waals surface area contributed by atoms with E-state index in [1.165, 1.54) is 18.4 Å². The molecule has 1 N–H and O–H groups in total. The Morgan fingerprint density at radius 2 is 1.83 bits per heavy atom. The number of aromatic nitrogens is 1. The molecule has 1 heterocycles. The van der Waals surface area contributed by atoms with Crippen LogP contribution in [0, 0.1) is 6.92 Å². The molecule has 0 atom stereocenters. The monoisotopic (exact) mass is 320 g/mol. The lowest BCUT2D eigenvalue weighted by atomic mass is 10.1. The third-order valence-corrected chi connectivity index (χ3v) is 4.20. The first-order valence-electron chi connectivity index (χ1n) is 8.51. The number of nitrogens with one attached hydrogen (secondary N) is 1. The van der Waals surface area contributed by atoms with E-state index in [0.29, 0.717) is 0 Å². The highest BCUT2D eigenvalue weighted by Crippen LogP contribution is 2.29. The van der Waals surface area contributed by atoms with E-state index in [9.17, 15) is 0 Å². The van der Waals surface area contributed by atoms with E-state index in [1.807, 2.05) is 19.1 Å². The summed E-state index contributed by atoms with van der Waals surface area (Å²) in [5.74, 6) is 0.826. The van der Waals surface area contributed by atoms with Crippen LogP contribution in [0.5, 0.6) is 5.75 Å². The van der Waals surface area contributed by atoms with Crippen molar-refractivity contribution in [2.75, 3.05) is 12.4 Å². The molecule has 3 rings (SSSR count). The molecule has 3 aromatic rings. The summed E-state index contributed by atoms with van der Waals surface area (Å²) in [5.41, 5.74) is 5.48. The first kappa shape index (κ1) is 16.3. The minimum Gasteiger partial charge on any atom is -0.497 e. The van der Waals surface area contributed by atoms with Gasteiger partial charge in [0.25, 0.3) is 0 Å². The summed E-state index contributed by atoms with van der Waals surface area (Å²) in [6.07, 6.45) is 3.61. The number of anilines is 2. The molecule has 0 aliphatic carbocycles. The van der Waals surface area contributed by atoms with E-state index in [2.05, 4.69) is 53.6 Å². The fourth-order valence-corrected chi connectivity index (χ4v) is 2.86. The summed E-state index contributed by atoms with van der Waals surface area (Å²) in [7, 11) is 1.68. The zero-order valence-electron chi connectivity index (χ0n) is 14.6. The number of methoxy groups -OCH3 is 1. The molecule has 0 saturated carbocycles. The third kappa shape index (κ3) is 3.67. The van der Waals surface area contributed by atoms with Crippen LogP contribution in [0.2, 0.25) is 0 Å². The average molecular weight is 320 g/mol. The van der Waals surface area contributed by atoms with Gasteiger partial charge in [0.1, 0.15) is 5.75 Å². The van der Waals surface area contributed by atoms with Gasteiger partial charge in [0.2, 0.25) is 0 Å². The molecule has 0 radical (unpaired) electrons. The summed E-state index contributed by atoms with van der Waals surface area (Å²) in [5, 5.41) is 4.62. The van der Waals surface area contributed by atoms with Gasteiger partial charge >= 0.3 is 0 Å². The Hall–Kier alpha value is -2.55. The quantitative estimate of drug-likeness (QED) is 0.638. The van der Waals surface area contributed by atoms with Crippen molar-refractivity contribution in [3.05, 3.63) is 59.8 Å². The van der Waals surface area contributed by atoms with E-state index in [1.54, 1.807) is 7.11 Å². The Kier molecular flexibility index (Phi) is 4.99. The maximum atomic E-state index is 5.31. The minimum absolute atomic E-state index is 0.826. The van der Waals surface area contributed by atoms with Crippen LogP contribution >= 0.6 is 0 Å². The van der Waals surface area contributed by atoms with Crippen LogP contribution in [0.4, 0.5) is 11.4 Å². The van der Waals surface area contributed by atoms with E-state index in [-0.39, 0.29) is 0 Å². The van der Waals surface area contributed by atoms with E-state index in [4.69, 9.17) is 4.74 Å². The Balaban J connectivity index is 1.89. The number of ether oxygens (including phenoxy) is 1. The zero-order chi connectivity index (χ0) is 16.9. The molecule has 0 amide bonds. The number of hydrogen-bond donors (Lipinski definition) is 1. The second-order valence-corrected chi connectivity index (χ2v) is 6.12. The topological polar surface area (TPSA) is 34.2 Å². The molecule has 0 spiro atoms. The van der Waals surface area contributed by atoms with Crippen molar-refractivity contribution in [3.8, 4) is 5.75 Å². The number of aryl methyl sites for hydroxylation is 2. The van der Waals surface area contributed by atoms with Crippen molar-refractivity contribution in [3.63, 3.8) is 0 Å². The van der Waals surface area contributed by atoms with Crippen LogP contribution in [0.3, 0.4) is 0 Å². The molecule has 0 saturated heterocycles. The SMILES string of the molecule is CCCCc1ccc(Nc2cc(C)nc3cc(OC)ccc23)cc1. The van der Waals surface area contributed by atoms with Crippen molar-refractivity contribution in [2.24, 2.45) is 0 Å². The minimum atomic E-state index is 0.826. The number of pyridine rings is 1. The van der Waals surface area contributed by atoms with Crippen LogP contribution < -0.4 is 10.1 Å². The van der Waals surface area contributed by atoms with Crippen molar-refractivity contribution in [1.82, 2.24) is 4.98 Å². The molecule has 0 aliphatic rings. The van der Waals surface area contributed by atoms with Gasteiger partial charge in [-0.1, -0.05) is 25.5 Å². The second-order valence-electron chi connectivity index (χ2n) is 6.12. The Bertz CT molecular complexity index is 825. The lowest BCUT2D eigenvalue weighted by Crippen LogP contribution is -1.96. The maximum Gasteiger partial charge on any atom is 0.121 e. The maximum absolute atomic E-state index is 5.31. The van der Waals surface area contributed by atoms with Crippen LogP contribution in [0.15, 0.2) is 48.5 Å².